The lowest BCUT2D eigenvalue weighted by atomic mass is 10.1. The van der Waals surface area contributed by atoms with Gasteiger partial charge in [-0.3, -0.25) is 14.8 Å². The lowest BCUT2D eigenvalue weighted by Crippen LogP contribution is -2.49. The van der Waals surface area contributed by atoms with Gasteiger partial charge in [0.25, 0.3) is 5.91 Å². The molecule has 144 valence electrons. The number of nitrogens with one attached hydrogen (secondary N) is 1. The van der Waals surface area contributed by atoms with Gasteiger partial charge in [-0.15, -0.1) is 0 Å². The van der Waals surface area contributed by atoms with Crippen molar-refractivity contribution >= 4 is 5.91 Å². The van der Waals surface area contributed by atoms with Gasteiger partial charge in [0.1, 0.15) is 12.4 Å². The molecule has 0 unspecified atom stereocenters. The Morgan fingerprint density at radius 3 is 2.70 bits per heavy atom. The number of H-pyrrole nitrogens is 1. The molecule has 4 rings (SSSR count). The topological polar surface area (TPSA) is 64.7 Å². The van der Waals surface area contributed by atoms with Crippen LogP contribution in [0.25, 0.3) is 0 Å². The third-order valence-corrected chi connectivity index (χ3v) is 5.41. The molecule has 1 amide bonds. The predicted octanol–water partition coefficient (Wildman–Crippen LogP) is 1.23. The highest BCUT2D eigenvalue weighted by atomic mass is 16.5. The maximum atomic E-state index is 12.9. The Kier molecular flexibility index (Phi) is 5.40. The molecule has 0 bridgehead atoms. The summed E-state index contributed by atoms with van der Waals surface area (Å²) in [7, 11) is 2.08. The minimum atomic E-state index is 0.0583. The number of hydrogen-bond acceptors (Lipinski definition) is 5. The normalized spacial score (nSPS) is 18.3. The van der Waals surface area contributed by atoms with Crippen molar-refractivity contribution in [2.75, 3.05) is 52.9 Å². The van der Waals surface area contributed by atoms with E-state index in [1.54, 1.807) is 0 Å². The van der Waals surface area contributed by atoms with E-state index in [0.29, 0.717) is 12.3 Å². The number of para-hydroxylation sites is 1. The van der Waals surface area contributed by atoms with Crippen LogP contribution in [-0.4, -0.2) is 83.7 Å². The molecule has 0 atom stereocenters. The van der Waals surface area contributed by atoms with Gasteiger partial charge < -0.3 is 14.5 Å². The number of benzene rings is 1. The van der Waals surface area contributed by atoms with Gasteiger partial charge in [-0.2, -0.15) is 5.10 Å². The number of piperazine rings is 1. The number of amides is 1. The summed E-state index contributed by atoms with van der Waals surface area (Å²) in [5.41, 5.74) is 2.80. The minimum Gasteiger partial charge on any atom is -0.492 e. The van der Waals surface area contributed by atoms with E-state index in [1.165, 1.54) is 0 Å². The van der Waals surface area contributed by atoms with Crippen LogP contribution in [0.15, 0.2) is 30.3 Å². The molecule has 2 aromatic rings. The Labute approximate surface area is 159 Å². The van der Waals surface area contributed by atoms with Gasteiger partial charge in [-0.1, -0.05) is 18.2 Å². The number of fused-ring (bicyclic) bond motifs is 1. The van der Waals surface area contributed by atoms with Gasteiger partial charge in [0.05, 0.1) is 0 Å². The molecule has 0 aliphatic carbocycles. The van der Waals surface area contributed by atoms with E-state index in [-0.39, 0.29) is 5.91 Å². The molecule has 0 radical (unpaired) electrons. The van der Waals surface area contributed by atoms with E-state index in [2.05, 4.69) is 27.0 Å². The molecule has 1 N–H and O–H groups in total. The van der Waals surface area contributed by atoms with E-state index in [0.717, 1.165) is 69.2 Å². The van der Waals surface area contributed by atoms with E-state index < -0.39 is 0 Å². The second-order valence-corrected chi connectivity index (χ2v) is 7.31. The Morgan fingerprint density at radius 2 is 1.93 bits per heavy atom. The molecule has 0 saturated carbocycles. The summed E-state index contributed by atoms with van der Waals surface area (Å²) in [6.07, 6.45) is 0.932. The van der Waals surface area contributed by atoms with Crippen molar-refractivity contribution in [3.05, 3.63) is 47.3 Å². The van der Waals surface area contributed by atoms with Crippen LogP contribution < -0.4 is 4.74 Å². The largest absolute Gasteiger partial charge is 0.492 e. The van der Waals surface area contributed by atoms with Crippen LogP contribution in [0, 0.1) is 0 Å². The van der Waals surface area contributed by atoms with Crippen molar-refractivity contribution < 1.29 is 9.53 Å². The van der Waals surface area contributed by atoms with E-state index in [4.69, 9.17) is 4.74 Å². The molecular formula is C20H27N5O2. The van der Waals surface area contributed by atoms with Crippen LogP contribution in [-0.2, 0) is 13.0 Å². The molecule has 2 aliphatic heterocycles. The Balaban J connectivity index is 1.27. The van der Waals surface area contributed by atoms with Crippen molar-refractivity contribution in [1.29, 1.82) is 0 Å². The number of rotatable bonds is 5. The van der Waals surface area contributed by atoms with E-state index in [9.17, 15) is 4.79 Å². The lowest BCUT2D eigenvalue weighted by molar-refractivity contribution is 0.0612. The summed E-state index contributed by atoms with van der Waals surface area (Å²) in [5, 5.41) is 7.40. The Morgan fingerprint density at radius 1 is 1.15 bits per heavy atom. The fraction of sp³-hybridized carbons (Fsp3) is 0.500. The van der Waals surface area contributed by atoms with Crippen LogP contribution in [0.1, 0.15) is 21.7 Å². The number of carbonyl (C=O) groups is 1. The quantitative estimate of drug-likeness (QED) is 0.859. The summed E-state index contributed by atoms with van der Waals surface area (Å²) in [4.78, 5) is 19.4. The van der Waals surface area contributed by atoms with Crippen LogP contribution in [0.3, 0.4) is 0 Å². The SMILES string of the molecule is CN1CCc2[nH]nc(C(=O)N3CCN(CCOc4ccccc4)CC3)c2C1. The summed E-state index contributed by atoms with van der Waals surface area (Å²) >= 11 is 0. The summed E-state index contributed by atoms with van der Waals surface area (Å²) in [5.74, 6) is 0.961. The van der Waals surface area contributed by atoms with Gasteiger partial charge in [0, 0.05) is 63.5 Å². The number of likely N-dealkylation sites (N-methyl/N-ethyl adjacent to an activating group) is 1. The van der Waals surface area contributed by atoms with Gasteiger partial charge in [0.2, 0.25) is 0 Å². The fourth-order valence-electron chi connectivity index (χ4n) is 3.74. The monoisotopic (exact) mass is 369 g/mol. The van der Waals surface area contributed by atoms with Crippen LogP contribution in [0.4, 0.5) is 0 Å². The molecule has 1 aromatic carbocycles. The van der Waals surface area contributed by atoms with Crippen molar-refractivity contribution in [3.8, 4) is 5.75 Å². The third kappa shape index (κ3) is 4.14. The van der Waals surface area contributed by atoms with Crippen molar-refractivity contribution in [3.63, 3.8) is 0 Å². The maximum Gasteiger partial charge on any atom is 0.274 e. The van der Waals surface area contributed by atoms with Gasteiger partial charge in [-0.25, -0.2) is 0 Å². The number of nitrogens with zero attached hydrogens (tertiary/aromatic N) is 4. The van der Waals surface area contributed by atoms with Gasteiger partial charge >= 0.3 is 0 Å². The van der Waals surface area contributed by atoms with Crippen molar-refractivity contribution in [1.82, 2.24) is 24.9 Å². The zero-order chi connectivity index (χ0) is 18.6. The van der Waals surface area contributed by atoms with Crippen LogP contribution in [0.5, 0.6) is 5.75 Å². The van der Waals surface area contributed by atoms with Crippen molar-refractivity contribution in [2.45, 2.75) is 13.0 Å². The number of hydrogen-bond donors (Lipinski definition) is 1. The van der Waals surface area contributed by atoms with E-state index >= 15 is 0 Å². The van der Waals surface area contributed by atoms with Crippen LogP contribution >= 0.6 is 0 Å². The number of ether oxygens (including phenoxy) is 1. The van der Waals surface area contributed by atoms with Gasteiger partial charge in [-0.05, 0) is 19.2 Å². The molecule has 1 fully saturated rings. The first kappa shape index (κ1) is 18.0. The smallest absolute Gasteiger partial charge is 0.274 e. The molecular weight excluding hydrogens is 342 g/mol. The van der Waals surface area contributed by atoms with Crippen LogP contribution in [0.2, 0.25) is 0 Å². The molecule has 27 heavy (non-hydrogen) atoms. The average molecular weight is 369 g/mol. The highest BCUT2D eigenvalue weighted by Crippen LogP contribution is 2.21. The summed E-state index contributed by atoms with van der Waals surface area (Å²) < 4.78 is 5.77. The number of aromatic amines is 1. The van der Waals surface area contributed by atoms with Gasteiger partial charge in [0.15, 0.2) is 5.69 Å². The second kappa shape index (κ2) is 8.10. The summed E-state index contributed by atoms with van der Waals surface area (Å²) in [6, 6.07) is 9.88. The predicted molar refractivity (Wildman–Crippen MR) is 103 cm³/mol. The highest BCUT2D eigenvalue weighted by molar-refractivity contribution is 5.94. The molecule has 7 nitrogen and oxygen atoms in total. The third-order valence-electron chi connectivity index (χ3n) is 5.41. The summed E-state index contributed by atoms with van der Waals surface area (Å²) in [6.45, 7) is 6.56. The average Bonchev–Trinajstić information content (AvgIpc) is 3.12. The zero-order valence-electron chi connectivity index (χ0n) is 15.9. The first-order valence-electron chi connectivity index (χ1n) is 9.65. The Bertz CT molecular complexity index is 768. The molecule has 3 heterocycles. The first-order chi connectivity index (χ1) is 13.2. The lowest BCUT2D eigenvalue weighted by Gasteiger charge is -2.34. The van der Waals surface area contributed by atoms with E-state index in [1.807, 2.05) is 35.2 Å². The number of aromatic nitrogens is 2. The zero-order valence-corrected chi connectivity index (χ0v) is 15.9. The minimum absolute atomic E-state index is 0.0583. The molecule has 0 spiro atoms. The highest BCUT2D eigenvalue weighted by Gasteiger charge is 2.29. The Hall–Kier alpha value is -2.38. The standard InChI is InChI=1S/C20H27N5O2/c1-23-8-7-18-17(15-23)19(22-21-18)20(26)25-11-9-24(10-12-25)13-14-27-16-5-3-2-4-6-16/h2-6H,7-15H2,1H3,(H,21,22). The maximum absolute atomic E-state index is 12.9. The first-order valence-corrected chi connectivity index (χ1v) is 9.65. The molecule has 2 aliphatic rings. The molecule has 1 saturated heterocycles. The fourth-order valence-corrected chi connectivity index (χ4v) is 3.74. The number of carbonyl (C=O) groups excluding carboxylic acids is 1. The molecule has 1 aromatic heterocycles. The van der Waals surface area contributed by atoms with Crippen molar-refractivity contribution in [2.24, 2.45) is 0 Å². The second-order valence-electron chi connectivity index (χ2n) is 7.31. The molecule has 7 heteroatoms.